The number of carbonyl (C=O) groups excluding carboxylic acids is 5. The highest BCUT2D eigenvalue weighted by Gasteiger charge is 2.70. The van der Waals surface area contributed by atoms with Crippen LogP contribution in [0.1, 0.15) is 125 Å². The SMILES string of the molecule is C=CCNC(=O)C(=O)C(CC1CC1)NC(=O)[C@@H]1C2[C@H](CN1C(=O)C(NC(=O)NC1(CS(=O)(=O)C(C)(C)C)CCCCC1)C1(C)CCCCC1)C2(C)C. The molecule has 5 rings (SSSR count). The molecule has 1 saturated heterocycles. The first-order valence-electron chi connectivity index (χ1n) is 19.6. The third kappa shape index (κ3) is 8.54. The van der Waals surface area contributed by atoms with Gasteiger partial charge in [-0.1, -0.05) is 78.2 Å². The molecular formula is C39H63N5O7S. The fourth-order valence-corrected chi connectivity index (χ4v) is 10.8. The summed E-state index contributed by atoms with van der Waals surface area (Å²) in [4.78, 5) is 70.9. The lowest BCUT2D eigenvalue weighted by molar-refractivity contribution is -0.146. The molecule has 0 aromatic rings. The first kappa shape index (κ1) is 40.2. The lowest BCUT2D eigenvalue weighted by Crippen LogP contribution is -2.65. The Morgan fingerprint density at radius 3 is 2.06 bits per heavy atom. The number of nitrogens with zero attached hydrogens (tertiary/aromatic N) is 1. The van der Waals surface area contributed by atoms with Gasteiger partial charge in [-0.05, 0) is 81.5 Å². The lowest BCUT2D eigenvalue weighted by atomic mass is 9.70. The van der Waals surface area contributed by atoms with E-state index in [2.05, 4.69) is 41.7 Å². The van der Waals surface area contributed by atoms with Gasteiger partial charge in [0.05, 0.1) is 22.1 Å². The Morgan fingerprint density at radius 2 is 1.50 bits per heavy atom. The second-order valence-corrected chi connectivity index (χ2v) is 21.2. The second-order valence-electron chi connectivity index (χ2n) is 18.5. The molecule has 292 valence electrons. The van der Waals surface area contributed by atoms with Gasteiger partial charge in [0.25, 0.3) is 5.91 Å². The molecule has 0 radical (unpaired) electrons. The topological polar surface area (TPSA) is 171 Å². The summed E-state index contributed by atoms with van der Waals surface area (Å²) in [5.41, 5.74) is -1.73. The Hall–Kier alpha value is -2.96. The van der Waals surface area contributed by atoms with Crippen molar-refractivity contribution in [2.24, 2.45) is 28.6 Å². The van der Waals surface area contributed by atoms with Crippen LogP contribution < -0.4 is 21.3 Å². The quantitative estimate of drug-likeness (QED) is 0.153. The molecule has 5 amide bonds. The number of sulfone groups is 1. The van der Waals surface area contributed by atoms with Crippen molar-refractivity contribution < 1.29 is 32.4 Å². The number of nitrogens with one attached hydrogen (secondary N) is 4. The number of rotatable bonds is 14. The zero-order valence-electron chi connectivity index (χ0n) is 32.3. The Bertz CT molecular complexity index is 1520. The van der Waals surface area contributed by atoms with Crippen LogP contribution in [-0.2, 0) is 29.0 Å². The number of piperidine rings is 1. The van der Waals surface area contributed by atoms with E-state index in [9.17, 15) is 32.4 Å². The van der Waals surface area contributed by atoms with Crippen molar-refractivity contribution in [3.63, 3.8) is 0 Å². The predicted molar refractivity (Wildman–Crippen MR) is 200 cm³/mol. The number of carbonyl (C=O) groups is 5. The third-order valence-electron chi connectivity index (χ3n) is 13.1. The van der Waals surface area contributed by atoms with Crippen LogP contribution in [0.2, 0.25) is 0 Å². The highest BCUT2D eigenvalue weighted by atomic mass is 32.2. The van der Waals surface area contributed by atoms with Crippen molar-refractivity contribution in [1.29, 1.82) is 0 Å². The van der Waals surface area contributed by atoms with Gasteiger partial charge in [-0.3, -0.25) is 19.2 Å². The molecule has 1 heterocycles. The number of likely N-dealkylation sites (tertiary alicyclic amines) is 1. The maximum absolute atomic E-state index is 14.9. The third-order valence-corrected chi connectivity index (χ3v) is 15.9. The van der Waals surface area contributed by atoms with Crippen LogP contribution in [0.5, 0.6) is 0 Å². The van der Waals surface area contributed by atoms with Crippen LogP contribution in [0.25, 0.3) is 0 Å². The van der Waals surface area contributed by atoms with Crippen LogP contribution in [0.15, 0.2) is 12.7 Å². The molecule has 0 aromatic carbocycles. The van der Waals surface area contributed by atoms with E-state index in [-0.39, 0.29) is 41.4 Å². The monoisotopic (exact) mass is 745 g/mol. The molecule has 4 aliphatic carbocycles. The molecule has 4 N–H and O–H groups in total. The summed E-state index contributed by atoms with van der Waals surface area (Å²) in [5.74, 6) is -2.26. The smallest absolute Gasteiger partial charge is 0.315 e. The number of fused-ring (bicyclic) bond motifs is 1. The zero-order chi connectivity index (χ0) is 38.3. The first-order chi connectivity index (χ1) is 24.3. The van der Waals surface area contributed by atoms with E-state index >= 15 is 0 Å². The fourth-order valence-electron chi connectivity index (χ4n) is 9.27. The Kier molecular flexibility index (Phi) is 11.6. The number of hydrogen-bond donors (Lipinski definition) is 4. The van der Waals surface area contributed by atoms with Gasteiger partial charge in [-0.15, -0.1) is 6.58 Å². The molecule has 1 aliphatic heterocycles. The largest absolute Gasteiger partial charge is 0.346 e. The molecule has 0 spiro atoms. The molecule has 4 saturated carbocycles. The van der Waals surface area contributed by atoms with E-state index in [1.807, 2.05) is 6.92 Å². The fraction of sp³-hybridized carbons (Fsp3) is 0.821. The van der Waals surface area contributed by atoms with Gasteiger partial charge in [-0.25, -0.2) is 13.2 Å². The number of urea groups is 1. The summed E-state index contributed by atoms with van der Waals surface area (Å²) in [6, 6.07) is -3.38. The van der Waals surface area contributed by atoms with Crippen LogP contribution in [0, 0.1) is 28.6 Å². The van der Waals surface area contributed by atoms with E-state index in [0.29, 0.717) is 38.6 Å². The standard InChI is InChI=1S/C39H63N5O7S/c1-8-21-40-33(47)30(45)27(22-25-15-16-25)41-32(46)29-28-26(37(28,5)6)23-44(29)34(48)31(38(7)17-11-9-12-18-38)42-35(49)43-39(19-13-10-14-20-39)24-52(50,51)36(2,3)4/h8,25-29,31H,1,9-24H2,2-7H3,(H,40,47)(H,41,46)(H2,42,43,49)/t26-,27?,28?,29-,31?/m0/s1. The van der Waals surface area contributed by atoms with Crippen molar-refractivity contribution in [3.8, 4) is 0 Å². The van der Waals surface area contributed by atoms with Crippen molar-refractivity contribution >= 4 is 39.4 Å². The molecule has 52 heavy (non-hydrogen) atoms. The van der Waals surface area contributed by atoms with Gasteiger partial charge in [0.1, 0.15) is 12.1 Å². The molecule has 0 bridgehead atoms. The normalized spacial score (nSPS) is 27.3. The molecule has 0 aromatic heterocycles. The summed E-state index contributed by atoms with van der Waals surface area (Å²) in [6.45, 7) is 15.3. The van der Waals surface area contributed by atoms with Crippen LogP contribution in [0.4, 0.5) is 4.79 Å². The minimum atomic E-state index is -3.57. The Morgan fingerprint density at radius 1 is 0.904 bits per heavy atom. The molecule has 13 heteroatoms. The molecule has 5 aliphatic rings. The van der Waals surface area contributed by atoms with E-state index in [4.69, 9.17) is 0 Å². The average Bonchev–Trinajstić information content (AvgIpc) is 3.92. The van der Waals surface area contributed by atoms with E-state index in [1.54, 1.807) is 25.7 Å². The van der Waals surface area contributed by atoms with E-state index in [0.717, 1.165) is 51.4 Å². The molecule has 3 unspecified atom stereocenters. The maximum atomic E-state index is 14.9. The highest BCUT2D eigenvalue weighted by molar-refractivity contribution is 7.92. The van der Waals surface area contributed by atoms with E-state index in [1.165, 1.54) is 6.08 Å². The summed E-state index contributed by atoms with van der Waals surface area (Å²) in [7, 11) is -3.57. The van der Waals surface area contributed by atoms with Gasteiger partial charge in [0.2, 0.25) is 17.6 Å². The summed E-state index contributed by atoms with van der Waals surface area (Å²) in [6.07, 6.45) is 11.6. The number of Topliss-reactive ketones (excluding diaryl/α,β-unsaturated/α-hetero) is 1. The predicted octanol–water partition coefficient (Wildman–Crippen LogP) is 4.18. The molecule has 5 fully saturated rings. The zero-order valence-corrected chi connectivity index (χ0v) is 33.1. The van der Waals surface area contributed by atoms with Gasteiger partial charge in [0.15, 0.2) is 9.84 Å². The first-order valence-corrected chi connectivity index (χ1v) is 21.3. The molecule has 5 atom stereocenters. The summed E-state index contributed by atoms with van der Waals surface area (Å²) in [5, 5.41) is 11.6. The van der Waals surface area contributed by atoms with Crippen molar-refractivity contribution in [1.82, 2.24) is 26.2 Å². The minimum absolute atomic E-state index is 0.0717. The number of amides is 5. The van der Waals surface area contributed by atoms with Gasteiger partial charge < -0.3 is 26.2 Å². The number of ketones is 1. The lowest BCUT2D eigenvalue weighted by Gasteiger charge is -2.44. The van der Waals surface area contributed by atoms with Gasteiger partial charge >= 0.3 is 6.03 Å². The maximum Gasteiger partial charge on any atom is 0.315 e. The average molecular weight is 746 g/mol. The van der Waals surface area contributed by atoms with Crippen molar-refractivity contribution in [2.45, 2.75) is 153 Å². The number of hydrogen-bond acceptors (Lipinski definition) is 7. The van der Waals surface area contributed by atoms with Gasteiger partial charge in [0, 0.05) is 13.1 Å². The van der Waals surface area contributed by atoms with Crippen LogP contribution >= 0.6 is 0 Å². The van der Waals surface area contributed by atoms with E-state index < -0.39 is 67.3 Å². The Labute approximate surface area is 310 Å². The van der Waals surface area contributed by atoms with Crippen molar-refractivity contribution in [3.05, 3.63) is 12.7 Å². The van der Waals surface area contributed by atoms with Crippen molar-refractivity contribution in [2.75, 3.05) is 18.8 Å². The van der Waals surface area contributed by atoms with Crippen LogP contribution in [0.3, 0.4) is 0 Å². The van der Waals surface area contributed by atoms with Crippen LogP contribution in [-0.4, -0.2) is 90.1 Å². The molecule has 12 nitrogen and oxygen atoms in total. The minimum Gasteiger partial charge on any atom is -0.346 e. The summed E-state index contributed by atoms with van der Waals surface area (Å²) >= 11 is 0. The second kappa shape index (κ2) is 15.1. The summed E-state index contributed by atoms with van der Waals surface area (Å²) < 4.78 is 25.9. The molecular weight excluding hydrogens is 683 g/mol. The Balaban J connectivity index is 1.40. The highest BCUT2D eigenvalue weighted by Crippen LogP contribution is 2.65. The van der Waals surface area contributed by atoms with Gasteiger partial charge in [-0.2, -0.15) is 0 Å².